The molecular weight excluding hydrogens is 358 g/mol. The van der Waals surface area contributed by atoms with E-state index in [2.05, 4.69) is 40.2 Å². The van der Waals surface area contributed by atoms with Crippen LogP contribution in [0.25, 0.3) is 0 Å². The summed E-state index contributed by atoms with van der Waals surface area (Å²) in [5, 5.41) is 2.02. The van der Waals surface area contributed by atoms with Gasteiger partial charge in [0.15, 0.2) is 0 Å². The first-order valence-corrected chi connectivity index (χ1v) is 10.7. The average molecular weight is 386 g/mol. The van der Waals surface area contributed by atoms with Gasteiger partial charge in [-0.3, -0.25) is 4.79 Å². The minimum absolute atomic E-state index is 0.0835. The zero-order chi connectivity index (χ0) is 18.7. The van der Waals surface area contributed by atoms with Crippen LogP contribution < -0.4 is 0 Å². The van der Waals surface area contributed by atoms with Gasteiger partial charge in [0.25, 0.3) is 5.91 Å². The molecule has 0 aliphatic carbocycles. The summed E-state index contributed by atoms with van der Waals surface area (Å²) >= 11 is 1.57. The predicted octanol–water partition coefficient (Wildman–Crippen LogP) is 2.97. The molecule has 0 radical (unpaired) electrons. The topological polar surface area (TPSA) is 45.7 Å². The van der Waals surface area contributed by atoms with Gasteiger partial charge < -0.3 is 14.5 Å². The molecule has 1 aromatic carbocycles. The fourth-order valence-corrected chi connectivity index (χ4v) is 4.73. The Hall–Kier alpha value is -1.76. The highest BCUT2D eigenvalue weighted by molar-refractivity contribution is 7.07. The molecule has 3 heterocycles. The van der Waals surface area contributed by atoms with Crippen molar-refractivity contribution in [1.29, 1.82) is 0 Å². The van der Waals surface area contributed by atoms with E-state index in [1.165, 1.54) is 5.56 Å². The normalized spacial score (nSPS) is 23.1. The number of thiazole rings is 1. The number of likely N-dealkylation sites (tertiary alicyclic amines) is 1. The minimum Gasteiger partial charge on any atom is -0.360 e. The Bertz CT molecular complexity index is 742. The smallest absolute Gasteiger partial charge is 0.251 e. The van der Waals surface area contributed by atoms with E-state index in [0.29, 0.717) is 13.1 Å². The minimum atomic E-state index is -0.367. The van der Waals surface area contributed by atoms with Crippen LogP contribution in [0.4, 0.5) is 0 Å². The summed E-state index contributed by atoms with van der Waals surface area (Å²) in [4.78, 5) is 21.4. The van der Waals surface area contributed by atoms with Crippen molar-refractivity contribution in [2.75, 3.05) is 26.2 Å². The summed E-state index contributed by atoms with van der Waals surface area (Å²) < 4.78 is 6.25. The molecule has 2 fully saturated rings. The average Bonchev–Trinajstić information content (AvgIpc) is 3.19. The Morgan fingerprint density at radius 1 is 1.26 bits per heavy atom. The molecule has 1 spiro atoms. The number of hydrogen-bond donors (Lipinski definition) is 0. The summed E-state index contributed by atoms with van der Waals surface area (Å²) in [5.74, 6) is 0.0835. The van der Waals surface area contributed by atoms with E-state index in [4.69, 9.17) is 4.74 Å². The van der Waals surface area contributed by atoms with Crippen molar-refractivity contribution in [1.82, 2.24) is 14.8 Å². The lowest BCUT2D eigenvalue weighted by Gasteiger charge is -2.49. The van der Waals surface area contributed by atoms with Crippen molar-refractivity contribution in [2.24, 2.45) is 0 Å². The molecule has 1 atom stereocenters. The van der Waals surface area contributed by atoms with Crippen LogP contribution in [0.5, 0.6) is 0 Å². The van der Waals surface area contributed by atoms with Gasteiger partial charge in [-0.1, -0.05) is 30.3 Å². The van der Waals surface area contributed by atoms with E-state index in [0.717, 1.165) is 44.6 Å². The Morgan fingerprint density at radius 3 is 2.74 bits per heavy atom. The molecule has 5 nitrogen and oxygen atoms in total. The van der Waals surface area contributed by atoms with E-state index < -0.39 is 0 Å². The number of carbonyl (C=O) groups is 1. The van der Waals surface area contributed by atoms with Gasteiger partial charge in [-0.2, -0.15) is 0 Å². The number of piperidine rings is 1. The maximum atomic E-state index is 12.6. The van der Waals surface area contributed by atoms with Gasteiger partial charge in [-0.25, -0.2) is 4.98 Å². The number of hydrogen-bond acceptors (Lipinski definition) is 5. The molecule has 144 valence electrons. The third-order valence-electron chi connectivity index (χ3n) is 5.73. The van der Waals surface area contributed by atoms with Crippen LogP contribution in [-0.4, -0.2) is 58.6 Å². The first kappa shape index (κ1) is 18.6. The Kier molecular flexibility index (Phi) is 5.57. The lowest BCUT2D eigenvalue weighted by molar-refractivity contribution is -0.190. The van der Waals surface area contributed by atoms with Crippen LogP contribution in [0.3, 0.4) is 0 Å². The first-order valence-electron chi connectivity index (χ1n) is 9.74. The summed E-state index contributed by atoms with van der Waals surface area (Å²) in [7, 11) is 0. The van der Waals surface area contributed by atoms with Gasteiger partial charge >= 0.3 is 0 Å². The van der Waals surface area contributed by atoms with Gasteiger partial charge in [0.05, 0.1) is 29.9 Å². The van der Waals surface area contributed by atoms with Gasteiger partial charge in [0, 0.05) is 25.0 Å². The van der Waals surface area contributed by atoms with Crippen molar-refractivity contribution in [3.63, 3.8) is 0 Å². The maximum absolute atomic E-state index is 12.6. The second-order valence-corrected chi connectivity index (χ2v) is 8.41. The SMILES string of the molecule is CC1OC2(CCN(CCc3ccccc3)CC2)CN(Cc2cscn2)C1=O. The van der Waals surface area contributed by atoms with Crippen molar-refractivity contribution in [3.8, 4) is 0 Å². The van der Waals surface area contributed by atoms with E-state index in [9.17, 15) is 4.79 Å². The summed E-state index contributed by atoms with van der Waals surface area (Å²) in [6.07, 6.45) is 2.67. The van der Waals surface area contributed by atoms with Gasteiger partial charge in [-0.05, 0) is 31.7 Å². The van der Waals surface area contributed by atoms with E-state index >= 15 is 0 Å². The van der Waals surface area contributed by atoms with E-state index in [1.54, 1.807) is 11.3 Å². The number of carbonyl (C=O) groups excluding carboxylic acids is 1. The fourth-order valence-electron chi connectivity index (χ4n) is 4.18. The second-order valence-electron chi connectivity index (χ2n) is 7.69. The Morgan fingerprint density at radius 2 is 2.04 bits per heavy atom. The number of ether oxygens (including phenoxy) is 1. The van der Waals surface area contributed by atoms with Crippen molar-refractivity contribution in [3.05, 3.63) is 52.5 Å². The quantitative estimate of drug-likeness (QED) is 0.794. The molecule has 1 unspecified atom stereocenters. The molecule has 2 saturated heterocycles. The van der Waals surface area contributed by atoms with Gasteiger partial charge in [-0.15, -0.1) is 11.3 Å². The van der Waals surface area contributed by atoms with E-state index in [1.807, 2.05) is 22.7 Å². The van der Waals surface area contributed by atoms with Crippen LogP contribution in [0.1, 0.15) is 31.0 Å². The molecule has 0 N–H and O–H groups in total. The number of amides is 1. The highest BCUT2D eigenvalue weighted by Crippen LogP contribution is 2.33. The number of morpholine rings is 1. The molecular formula is C21H27N3O2S. The second kappa shape index (κ2) is 8.09. The Balaban J connectivity index is 1.34. The van der Waals surface area contributed by atoms with Crippen molar-refractivity contribution < 1.29 is 9.53 Å². The number of benzene rings is 1. The zero-order valence-corrected chi connectivity index (χ0v) is 16.7. The van der Waals surface area contributed by atoms with E-state index in [-0.39, 0.29) is 17.6 Å². The monoisotopic (exact) mass is 385 g/mol. The first-order chi connectivity index (χ1) is 13.1. The van der Waals surface area contributed by atoms with Crippen molar-refractivity contribution in [2.45, 2.75) is 44.4 Å². The molecule has 0 saturated carbocycles. The largest absolute Gasteiger partial charge is 0.360 e. The molecule has 2 aliphatic rings. The van der Waals surface area contributed by atoms with Crippen LogP contribution in [0.2, 0.25) is 0 Å². The van der Waals surface area contributed by atoms with Crippen LogP contribution in [-0.2, 0) is 22.5 Å². The molecule has 1 aromatic heterocycles. The number of aromatic nitrogens is 1. The molecule has 4 rings (SSSR count). The summed E-state index contributed by atoms with van der Waals surface area (Å²) in [5.41, 5.74) is 3.98. The molecule has 2 aliphatic heterocycles. The molecule has 1 amide bonds. The molecule has 6 heteroatoms. The standard InChI is InChI=1S/C21H27N3O2S/c1-17-20(25)24(13-19-14-27-16-22-19)15-21(26-17)8-11-23(12-9-21)10-7-18-5-3-2-4-6-18/h2-6,14,16-17H,7-13,15H2,1H3. The number of nitrogens with zero attached hydrogens (tertiary/aromatic N) is 3. The fraction of sp³-hybridized carbons (Fsp3) is 0.524. The molecule has 27 heavy (non-hydrogen) atoms. The third kappa shape index (κ3) is 4.39. The summed E-state index contributed by atoms with van der Waals surface area (Å²) in [6.45, 7) is 6.29. The highest BCUT2D eigenvalue weighted by atomic mass is 32.1. The maximum Gasteiger partial charge on any atom is 0.251 e. The molecule has 2 aromatic rings. The summed E-state index contributed by atoms with van der Waals surface area (Å²) in [6, 6.07) is 10.7. The molecule has 0 bridgehead atoms. The predicted molar refractivity (Wildman–Crippen MR) is 107 cm³/mol. The van der Waals surface area contributed by atoms with Crippen LogP contribution in [0.15, 0.2) is 41.2 Å². The number of rotatable bonds is 5. The van der Waals surface area contributed by atoms with Crippen LogP contribution in [0, 0.1) is 0 Å². The Labute approximate surface area is 165 Å². The lowest BCUT2D eigenvalue weighted by atomic mass is 9.88. The zero-order valence-electron chi connectivity index (χ0n) is 15.8. The van der Waals surface area contributed by atoms with Gasteiger partial charge in [0.2, 0.25) is 0 Å². The highest BCUT2D eigenvalue weighted by Gasteiger charge is 2.45. The lowest BCUT2D eigenvalue weighted by Crippen LogP contribution is -2.61. The van der Waals surface area contributed by atoms with Crippen molar-refractivity contribution >= 4 is 17.2 Å². The van der Waals surface area contributed by atoms with Crippen LogP contribution >= 0.6 is 11.3 Å². The van der Waals surface area contributed by atoms with Gasteiger partial charge in [0.1, 0.15) is 6.10 Å². The third-order valence-corrected chi connectivity index (χ3v) is 6.36.